The second-order valence-electron chi connectivity index (χ2n) is 6.24. The zero-order chi connectivity index (χ0) is 14.1. The largest absolute Gasteiger partial charge is 0.343 e. The molecule has 0 aromatic carbocycles. The topological polar surface area (TPSA) is 49.4 Å². The van der Waals surface area contributed by atoms with Crippen molar-refractivity contribution in [2.75, 3.05) is 0 Å². The van der Waals surface area contributed by atoms with Gasteiger partial charge >= 0.3 is 0 Å². The fourth-order valence-corrected chi connectivity index (χ4v) is 2.45. The Bertz CT molecular complexity index is 337. The highest BCUT2D eigenvalue weighted by atomic mass is 16.2. The molecule has 1 aliphatic heterocycles. The first-order valence-corrected chi connectivity index (χ1v) is 6.84. The maximum Gasteiger partial charge on any atom is 0.246 e. The van der Waals surface area contributed by atoms with Gasteiger partial charge in [-0.05, 0) is 39.5 Å². The van der Waals surface area contributed by atoms with Crippen LogP contribution in [-0.2, 0) is 9.59 Å². The number of nitrogens with zero attached hydrogens (tertiary/aromatic N) is 1. The fourth-order valence-electron chi connectivity index (χ4n) is 2.45. The van der Waals surface area contributed by atoms with Crippen LogP contribution >= 0.6 is 0 Å². The fraction of sp³-hybridized carbons (Fsp3) is 0.857. The van der Waals surface area contributed by atoms with E-state index in [4.69, 9.17) is 0 Å². The molecule has 18 heavy (non-hydrogen) atoms. The molecule has 0 bridgehead atoms. The van der Waals surface area contributed by atoms with Gasteiger partial charge in [0.05, 0.1) is 0 Å². The average Bonchev–Trinajstić information content (AvgIpc) is 2.25. The van der Waals surface area contributed by atoms with Crippen molar-refractivity contribution in [2.45, 2.75) is 72.0 Å². The van der Waals surface area contributed by atoms with Crippen LogP contribution in [0.15, 0.2) is 0 Å². The standard InChI is InChI=1S/C14H26N2O2/c1-7-14(5,6)16-10(4)12(17)15-11(13(16)18)8-9(2)3/h9-11H,7-8H2,1-6H3,(H,15,17). The summed E-state index contributed by atoms with van der Waals surface area (Å²) >= 11 is 0. The third-order valence-corrected chi connectivity index (χ3v) is 3.84. The zero-order valence-electron chi connectivity index (χ0n) is 12.4. The van der Waals surface area contributed by atoms with Gasteiger partial charge in [-0.25, -0.2) is 0 Å². The van der Waals surface area contributed by atoms with Gasteiger partial charge in [0.25, 0.3) is 0 Å². The first-order valence-electron chi connectivity index (χ1n) is 6.84. The minimum atomic E-state index is -0.379. The number of hydrogen-bond donors (Lipinski definition) is 1. The van der Waals surface area contributed by atoms with Crippen LogP contribution in [0, 0.1) is 5.92 Å². The van der Waals surface area contributed by atoms with Crippen LogP contribution in [0.3, 0.4) is 0 Å². The Kier molecular flexibility index (Phi) is 4.41. The lowest BCUT2D eigenvalue weighted by molar-refractivity contribution is -0.155. The highest BCUT2D eigenvalue weighted by molar-refractivity contribution is 5.97. The summed E-state index contributed by atoms with van der Waals surface area (Å²) in [4.78, 5) is 26.3. The van der Waals surface area contributed by atoms with Crippen LogP contribution in [0.2, 0.25) is 0 Å². The Morgan fingerprint density at radius 2 is 1.89 bits per heavy atom. The highest BCUT2D eigenvalue weighted by Gasteiger charge is 2.44. The van der Waals surface area contributed by atoms with Crippen molar-refractivity contribution in [2.24, 2.45) is 5.92 Å². The molecular weight excluding hydrogens is 228 g/mol. The minimum absolute atomic E-state index is 0.0400. The van der Waals surface area contributed by atoms with Gasteiger partial charge in [0.2, 0.25) is 11.8 Å². The molecule has 0 spiro atoms. The molecule has 1 fully saturated rings. The lowest BCUT2D eigenvalue weighted by atomic mass is 9.91. The number of rotatable bonds is 4. The number of piperazine rings is 1. The van der Waals surface area contributed by atoms with E-state index in [9.17, 15) is 9.59 Å². The Balaban J connectivity index is 2.99. The average molecular weight is 254 g/mol. The van der Waals surface area contributed by atoms with E-state index in [0.717, 1.165) is 6.42 Å². The Morgan fingerprint density at radius 1 is 1.33 bits per heavy atom. The van der Waals surface area contributed by atoms with E-state index in [-0.39, 0.29) is 29.4 Å². The Hall–Kier alpha value is -1.06. The van der Waals surface area contributed by atoms with Gasteiger partial charge in [-0.1, -0.05) is 20.8 Å². The Morgan fingerprint density at radius 3 is 2.33 bits per heavy atom. The summed E-state index contributed by atoms with van der Waals surface area (Å²) in [5.74, 6) is 0.406. The van der Waals surface area contributed by atoms with Crippen molar-refractivity contribution in [3.8, 4) is 0 Å². The van der Waals surface area contributed by atoms with Gasteiger partial charge in [-0.2, -0.15) is 0 Å². The molecule has 1 saturated heterocycles. The molecule has 0 aromatic rings. The molecule has 104 valence electrons. The molecule has 1 rings (SSSR count). The number of carbonyl (C=O) groups excluding carboxylic acids is 2. The molecule has 1 N–H and O–H groups in total. The number of hydrogen-bond acceptors (Lipinski definition) is 2. The van der Waals surface area contributed by atoms with Crippen molar-refractivity contribution in [3.05, 3.63) is 0 Å². The predicted octanol–water partition coefficient (Wildman–Crippen LogP) is 1.94. The van der Waals surface area contributed by atoms with Crippen molar-refractivity contribution in [1.29, 1.82) is 0 Å². The van der Waals surface area contributed by atoms with E-state index in [1.165, 1.54) is 0 Å². The number of amides is 2. The van der Waals surface area contributed by atoms with Crippen LogP contribution in [0.4, 0.5) is 0 Å². The summed E-state index contributed by atoms with van der Waals surface area (Å²) < 4.78 is 0. The van der Waals surface area contributed by atoms with Gasteiger partial charge in [0.1, 0.15) is 12.1 Å². The lowest BCUT2D eigenvalue weighted by Crippen LogP contribution is -2.67. The maximum atomic E-state index is 12.5. The van der Waals surface area contributed by atoms with Crippen molar-refractivity contribution >= 4 is 11.8 Å². The first-order chi connectivity index (χ1) is 8.20. The van der Waals surface area contributed by atoms with Crippen molar-refractivity contribution in [3.63, 3.8) is 0 Å². The molecule has 2 amide bonds. The van der Waals surface area contributed by atoms with Crippen LogP contribution in [0.1, 0.15) is 54.4 Å². The van der Waals surface area contributed by atoms with Gasteiger partial charge in [-0.15, -0.1) is 0 Å². The van der Waals surface area contributed by atoms with E-state index in [1.54, 1.807) is 11.8 Å². The quantitative estimate of drug-likeness (QED) is 0.833. The van der Waals surface area contributed by atoms with Gasteiger partial charge in [0, 0.05) is 5.54 Å². The summed E-state index contributed by atoms with van der Waals surface area (Å²) in [7, 11) is 0. The van der Waals surface area contributed by atoms with E-state index in [0.29, 0.717) is 12.3 Å². The van der Waals surface area contributed by atoms with Gasteiger partial charge < -0.3 is 10.2 Å². The van der Waals surface area contributed by atoms with E-state index in [2.05, 4.69) is 19.2 Å². The van der Waals surface area contributed by atoms with Gasteiger partial charge in [0.15, 0.2) is 0 Å². The summed E-state index contributed by atoms with van der Waals surface area (Å²) in [6.45, 7) is 12.0. The molecule has 0 aliphatic carbocycles. The number of carbonyl (C=O) groups is 2. The summed E-state index contributed by atoms with van der Waals surface area (Å²) in [6, 6.07) is -0.740. The molecule has 1 heterocycles. The summed E-state index contributed by atoms with van der Waals surface area (Å²) in [6.07, 6.45) is 1.54. The smallest absolute Gasteiger partial charge is 0.246 e. The van der Waals surface area contributed by atoms with E-state index in [1.807, 2.05) is 20.8 Å². The number of nitrogens with one attached hydrogen (secondary N) is 1. The maximum absolute atomic E-state index is 12.5. The molecule has 0 saturated carbocycles. The molecular formula is C14H26N2O2. The summed E-state index contributed by atoms with van der Waals surface area (Å²) in [5, 5.41) is 2.84. The first kappa shape index (κ1) is 15.0. The predicted molar refractivity (Wildman–Crippen MR) is 72.1 cm³/mol. The molecule has 4 heteroatoms. The van der Waals surface area contributed by atoms with Gasteiger partial charge in [-0.3, -0.25) is 9.59 Å². The molecule has 0 radical (unpaired) electrons. The van der Waals surface area contributed by atoms with Crippen LogP contribution in [-0.4, -0.2) is 34.3 Å². The normalized spacial score (nSPS) is 25.6. The van der Waals surface area contributed by atoms with Crippen LogP contribution < -0.4 is 5.32 Å². The minimum Gasteiger partial charge on any atom is -0.343 e. The van der Waals surface area contributed by atoms with Crippen molar-refractivity contribution < 1.29 is 9.59 Å². The molecule has 2 atom stereocenters. The second kappa shape index (κ2) is 5.29. The summed E-state index contributed by atoms with van der Waals surface area (Å²) in [5.41, 5.74) is -0.274. The van der Waals surface area contributed by atoms with E-state index < -0.39 is 0 Å². The Labute approximate surface area is 110 Å². The molecule has 4 nitrogen and oxygen atoms in total. The van der Waals surface area contributed by atoms with Crippen molar-refractivity contribution in [1.82, 2.24) is 10.2 Å². The molecule has 2 unspecified atom stereocenters. The monoisotopic (exact) mass is 254 g/mol. The SMILES string of the molecule is CCC(C)(C)N1C(=O)C(CC(C)C)NC(=O)C1C. The molecule has 1 aliphatic rings. The molecule has 0 aromatic heterocycles. The van der Waals surface area contributed by atoms with Crippen LogP contribution in [0.5, 0.6) is 0 Å². The second-order valence-corrected chi connectivity index (χ2v) is 6.24. The third kappa shape index (κ3) is 2.85. The highest BCUT2D eigenvalue weighted by Crippen LogP contribution is 2.26. The van der Waals surface area contributed by atoms with E-state index >= 15 is 0 Å². The lowest BCUT2D eigenvalue weighted by Gasteiger charge is -2.46. The third-order valence-electron chi connectivity index (χ3n) is 3.84. The zero-order valence-corrected chi connectivity index (χ0v) is 12.4. The van der Waals surface area contributed by atoms with Crippen LogP contribution in [0.25, 0.3) is 0 Å².